The molecule has 178 valence electrons. The summed E-state index contributed by atoms with van der Waals surface area (Å²) in [7, 11) is 0. The third-order valence-corrected chi connectivity index (χ3v) is 5.37. The molecule has 8 heteroatoms. The number of pyridine rings is 1. The van der Waals surface area contributed by atoms with E-state index in [0.717, 1.165) is 5.56 Å². The molecule has 3 rings (SSSR count). The second-order valence-corrected chi connectivity index (χ2v) is 8.17. The summed E-state index contributed by atoms with van der Waals surface area (Å²) in [5, 5.41) is 13.7. The first kappa shape index (κ1) is 28.5. The number of aliphatic hydroxyl groups is 1. The Morgan fingerprint density at radius 1 is 1.03 bits per heavy atom. The van der Waals surface area contributed by atoms with Gasteiger partial charge in [-0.1, -0.05) is 48.5 Å². The third kappa shape index (κ3) is 7.51. The van der Waals surface area contributed by atoms with Gasteiger partial charge in [0.1, 0.15) is 5.82 Å². The van der Waals surface area contributed by atoms with Crippen LogP contribution in [0.5, 0.6) is 0 Å². The molecular formula is C25H30Cl2FN3O2. The monoisotopic (exact) mass is 493 g/mol. The van der Waals surface area contributed by atoms with Crippen LogP contribution in [0.25, 0.3) is 0 Å². The predicted octanol–water partition coefficient (Wildman–Crippen LogP) is 4.20. The van der Waals surface area contributed by atoms with E-state index in [4.69, 9.17) is 5.73 Å². The van der Waals surface area contributed by atoms with Crippen molar-refractivity contribution in [2.24, 2.45) is 5.73 Å². The van der Waals surface area contributed by atoms with Gasteiger partial charge in [-0.25, -0.2) is 4.39 Å². The van der Waals surface area contributed by atoms with Gasteiger partial charge in [-0.2, -0.15) is 0 Å². The van der Waals surface area contributed by atoms with Crippen molar-refractivity contribution in [2.75, 3.05) is 0 Å². The molecule has 5 nitrogen and oxygen atoms in total. The number of carbonyl (C=O) groups is 1. The highest BCUT2D eigenvalue weighted by Crippen LogP contribution is 2.21. The maximum atomic E-state index is 13.9. The Hall–Kier alpha value is -2.51. The second-order valence-electron chi connectivity index (χ2n) is 8.17. The molecule has 0 spiro atoms. The van der Waals surface area contributed by atoms with Crippen molar-refractivity contribution in [3.8, 4) is 0 Å². The fourth-order valence-electron chi connectivity index (χ4n) is 3.49. The Bertz CT molecular complexity index is 1030. The molecule has 0 radical (unpaired) electrons. The number of rotatable bonds is 8. The van der Waals surface area contributed by atoms with Crippen molar-refractivity contribution < 1.29 is 14.3 Å². The van der Waals surface area contributed by atoms with Crippen molar-refractivity contribution in [3.63, 3.8) is 0 Å². The molecular weight excluding hydrogens is 464 g/mol. The van der Waals surface area contributed by atoms with Gasteiger partial charge in [0.25, 0.3) is 5.91 Å². The first-order chi connectivity index (χ1) is 14.8. The Morgan fingerprint density at radius 2 is 1.67 bits per heavy atom. The number of nitrogens with zero attached hydrogens (tertiary/aromatic N) is 1. The van der Waals surface area contributed by atoms with Gasteiger partial charge in [0.2, 0.25) is 0 Å². The average molecular weight is 494 g/mol. The van der Waals surface area contributed by atoms with Gasteiger partial charge in [-0.15, -0.1) is 24.8 Å². The van der Waals surface area contributed by atoms with E-state index >= 15 is 0 Å². The number of halogens is 3. The Balaban J connectivity index is 0.00000272. The average Bonchev–Trinajstić information content (AvgIpc) is 2.76. The smallest absolute Gasteiger partial charge is 0.253 e. The van der Waals surface area contributed by atoms with E-state index in [9.17, 15) is 14.3 Å². The van der Waals surface area contributed by atoms with Gasteiger partial charge in [0.05, 0.1) is 22.9 Å². The van der Waals surface area contributed by atoms with Crippen LogP contribution >= 0.6 is 24.8 Å². The molecule has 0 fully saturated rings. The first-order valence-corrected chi connectivity index (χ1v) is 10.3. The number of aliphatic hydroxyl groups excluding tert-OH is 1. The minimum absolute atomic E-state index is 0. The van der Waals surface area contributed by atoms with Crippen LogP contribution in [0.3, 0.4) is 0 Å². The van der Waals surface area contributed by atoms with Gasteiger partial charge in [-0.3, -0.25) is 9.78 Å². The summed E-state index contributed by atoms with van der Waals surface area (Å²) in [6, 6.07) is 18.7. The third-order valence-electron chi connectivity index (χ3n) is 5.37. The van der Waals surface area contributed by atoms with Gasteiger partial charge in [0, 0.05) is 18.7 Å². The summed E-state index contributed by atoms with van der Waals surface area (Å²) in [5.41, 5.74) is 7.77. The summed E-state index contributed by atoms with van der Waals surface area (Å²) < 4.78 is 13.9. The van der Waals surface area contributed by atoms with Crippen molar-refractivity contribution in [2.45, 2.75) is 44.4 Å². The van der Waals surface area contributed by atoms with Gasteiger partial charge in [-0.05, 0) is 49.6 Å². The highest BCUT2D eigenvalue weighted by atomic mass is 35.5. The predicted molar refractivity (Wildman–Crippen MR) is 133 cm³/mol. The molecule has 4 N–H and O–H groups in total. The number of amides is 1. The van der Waals surface area contributed by atoms with E-state index in [1.807, 2.05) is 44.2 Å². The standard InChI is InChI=1S/C25H28FN3O2.2ClH/c1-25(2,18-10-4-3-5-11-18)29-24(31)19-12-8-14-28-22(19)16-23(30)21(27)15-17-9-6-7-13-20(17)26;;/h3-14,21,23,30H,15-16,27H2,1-2H3,(H,29,31);2*1H/t21-,23+;;/m1../s1. The molecule has 1 heterocycles. The molecule has 0 saturated carbocycles. The van der Waals surface area contributed by atoms with E-state index in [0.29, 0.717) is 16.8 Å². The maximum absolute atomic E-state index is 13.9. The topological polar surface area (TPSA) is 88.2 Å². The minimum Gasteiger partial charge on any atom is -0.391 e. The number of nitrogens with one attached hydrogen (secondary N) is 1. The molecule has 0 saturated heterocycles. The lowest BCUT2D eigenvalue weighted by atomic mass is 9.93. The number of carbonyl (C=O) groups excluding carboxylic acids is 1. The molecule has 2 aromatic carbocycles. The zero-order valence-electron chi connectivity index (χ0n) is 18.6. The number of hydrogen-bond donors (Lipinski definition) is 3. The molecule has 0 aliphatic rings. The van der Waals surface area contributed by atoms with Crippen LogP contribution in [0, 0.1) is 5.82 Å². The van der Waals surface area contributed by atoms with E-state index < -0.39 is 17.7 Å². The lowest BCUT2D eigenvalue weighted by Gasteiger charge is -2.27. The highest BCUT2D eigenvalue weighted by Gasteiger charge is 2.26. The molecule has 0 unspecified atom stereocenters. The van der Waals surface area contributed by atoms with Crippen molar-refractivity contribution in [1.82, 2.24) is 10.3 Å². The fourth-order valence-corrected chi connectivity index (χ4v) is 3.49. The minimum atomic E-state index is -0.983. The van der Waals surface area contributed by atoms with Crippen LogP contribution in [0.4, 0.5) is 4.39 Å². The number of benzene rings is 2. The SMILES string of the molecule is CC(C)(NC(=O)c1cccnc1C[C@H](O)[C@H](N)Cc1ccccc1F)c1ccccc1.Cl.Cl. The zero-order chi connectivity index (χ0) is 22.4. The molecule has 0 bridgehead atoms. The highest BCUT2D eigenvalue weighted by molar-refractivity contribution is 5.95. The van der Waals surface area contributed by atoms with Crippen LogP contribution < -0.4 is 11.1 Å². The molecule has 0 aliphatic heterocycles. The number of hydrogen-bond acceptors (Lipinski definition) is 4. The maximum Gasteiger partial charge on any atom is 0.253 e. The quantitative estimate of drug-likeness (QED) is 0.438. The normalized spacial score (nSPS) is 12.6. The van der Waals surface area contributed by atoms with Crippen molar-refractivity contribution >= 4 is 30.7 Å². The molecule has 0 aliphatic carbocycles. The van der Waals surface area contributed by atoms with Gasteiger partial charge < -0.3 is 16.2 Å². The Kier molecular flexibility index (Phi) is 10.9. The Labute approximate surface area is 206 Å². The van der Waals surface area contributed by atoms with E-state index in [1.165, 1.54) is 6.07 Å². The zero-order valence-corrected chi connectivity index (χ0v) is 20.2. The van der Waals surface area contributed by atoms with Crippen LogP contribution in [0.2, 0.25) is 0 Å². The summed E-state index contributed by atoms with van der Waals surface area (Å²) >= 11 is 0. The van der Waals surface area contributed by atoms with Crippen LogP contribution in [-0.4, -0.2) is 28.1 Å². The van der Waals surface area contributed by atoms with Gasteiger partial charge >= 0.3 is 0 Å². The summed E-state index contributed by atoms with van der Waals surface area (Å²) in [4.78, 5) is 17.3. The lowest BCUT2D eigenvalue weighted by Crippen LogP contribution is -2.42. The van der Waals surface area contributed by atoms with Crippen molar-refractivity contribution in [3.05, 3.63) is 101 Å². The fraction of sp³-hybridized carbons (Fsp3) is 0.280. The van der Waals surface area contributed by atoms with Gasteiger partial charge in [0.15, 0.2) is 0 Å². The van der Waals surface area contributed by atoms with Crippen LogP contribution in [-0.2, 0) is 18.4 Å². The molecule has 1 aromatic heterocycles. The summed E-state index contributed by atoms with van der Waals surface area (Å²) in [6.45, 7) is 3.85. The van der Waals surface area contributed by atoms with E-state index in [2.05, 4.69) is 10.3 Å². The molecule has 1 amide bonds. The number of aromatic nitrogens is 1. The second kappa shape index (κ2) is 12.7. The summed E-state index contributed by atoms with van der Waals surface area (Å²) in [5.74, 6) is -0.641. The lowest BCUT2D eigenvalue weighted by molar-refractivity contribution is 0.0908. The van der Waals surface area contributed by atoms with Crippen LogP contribution in [0.15, 0.2) is 72.9 Å². The first-order valence-electron chi connectivity index (χ1n) is 10.3. The largest absolute Gasteiger partial charge is 0.391 e. The van der Waals surface area contributed by atoms with Crippen molar-refractivity contribution in [1.29, 1.82) is 0 Å². The molecule has 3 aromatic rings. The summed E-state index contributed by atoms with van der Waals surface area (Å²) in [6.07, 6.45) is 0.862. The van der Waals surface area contributed by atoms with E-state index in [1.54, 1.807) is 36.5 Å². The number of nitrogens with two attached hydrogens (primary N) is 1. The van der Waals surface area contributed by atoms with Crippen LogP contribution in [0.1, 0.15) is 41.0 Å². The Morgan fingerprint density at radius 3 is 2.33 bits per heavy atom. The molecule has 33 heavy (non-hydrogen) atoms. The van der Waals surface area contributed by atoms with E-state index in [-0.39, 0.29) is 49.4 Å². The molecule has 2 atom stereocenters.